The summed E-state index contributed by atoms with van der Waals surface area (Å²) < 4.78 is 10.3. The average molecular weight is 237 g/mol. The predicted molar refractivity (Wildman–Crippen MR) is 66.8 cm³/mol. The fourth-order valence-electron chi connectivity index (χ4n) is 1.64. The van der Waals surface area contributed by atoms with Gasteiger partial charge in [-0.25, -0.2) is 0 Å². The number of hydrogen-bond acceptors (Lipinski definition) is 4. The van der Waals surface area contributed by atoms with Crippen LogP contribution < -0.4 is 15.2 Å². The van der Waals surface area contributed by atoms with E-state index in [2.05, 4.69) is 0 Å². The first-order valence-electron chi connectivity index (χ1n) is 5.65. The molecule has 0 aliphatic rings. The van der Waals surface area contributed by atoms with Crippen LogP contribution >= 0.6 is 0 Å². The number of hydrogen-bond donors (Lipinski definition) is 1. The molecule has 2 N–H and O–H groups in total. The molecule has 0 bridgehead atoms. The van der Waals surface area contributed by atoms with E-state index in [0.29, 0.717) is 23.5 Å². The molecule has 0 aliphatic carbocycles. The molecule has 0 saturated heterocycles. The van der Waals surface area contributed by atoms with Crippen molar-refractivity contribution in [3.8, 4) is 11.5 Å². The van der Waals surface area contributed by atoms with Gasteiger partial charge in [0.05, 0.1) is 25.8 Å². The van der Waals surface area contributed by atoms with E-state index < -0.39 is 6.04 Å². The molecule has 17 heavy (non-hydrogen) atoms. The molecule has 1 aromatic carbocycles. The van der Waals surface area contributed by atoms with Gasteiger partial charge in [-0.3, -0.25) is 4.79 Å². The summed E-state index contributed by atoms with van der Waals surface area (Å²) in [5.41, 5.74) is 6.33. The monoisotopic (exact) mass is 237 g/mol. The van der Waals surface area contributed by atoms with Crippen LogP contribution in [0.1, 0.15) is 30.1 Å². The Morgan fingerprint density at radius 2 is 2.06 bits per heavy atom. The minimum absolute atomic E-state index is 0.0913. The lowest BCUT2D eigenvalue weighted by Crippen LogP contribution is -2.30. The van der Waals surface area contributed by atoms with Crippen molar-refractivity contribution in [2.24, 2.45) is 5.73 Å². The summed E-state index contributed by atoms with van der Waals surface area (Å²) in [5, 5.41) is 0. The molecule has 0 aliphatic heterocycles. The zero-order valence-electron chi connectivity index (χ0n) is 10.5. The van der Waals surface area contributed by atoms with Gasteiger partial charge in [-0.15, -0.1) is 0 Å². The van der Waals surface area contributed by atoms with Gasteiger partial charge >= 0.3 is 0 Å². The summed E-state index contributed by atoms with van der Waals surface area (Å²) in [4.78, 5) is 12.1. The number of carbonyl (C=O) groups excluding carboxylic acids is 1. The molecule has 0 heterocycles. The van der Waals surface area contributed by atoms with Gasteiger partial charge < -0.3 is 15.2 Å². The van der Waals surface area contributed by atoms with Crippen LogP contribution in [0.25, 0.3) is 0 Å². The van der Waals surface area contributed by atoms with Crippen molar-refractivity contribution >= 4 is 5.78 Å². The van der Waals surface area contributed by atoms with Crippen molar-refractivity contribution in [3.05, 3.63) is 23.8 Å². The Morgan fingerprint density at radius 1 is 1.35 bits per heavy atom. The minimum atomic E-state index is -0.470. The van der Waals surface area contributed by atoms with E-state index in [9.17, 15) is 4.79 Å². The molecule has 94 valence electrons. The van der Waals surface area contributed by atoms with Gasteiger partial charge in [-0.2, -0.15) is 0 Å². The molecule has 0 aromatic heterocycles. The maximum Gasteiger partial charge on any atom is 0.183 e. The van der Waals surface area contributed by atoms with E-state index in [1.54, 1.807) is 25.3 Å². The first-order chi connectivity index (χ1) is 8.13. The second kappa shape index (κ2) is 6.25. The highest BCUT2D eigenvalue weighted by molar-refractivity contribution is 6.02. The molecular formula is C13H19NO3. The van der Waals surface area contributed by atoms with E-state index >= 15 is 0 Å². The Labute approximate surface area is 102 Å². The Hall–Kier alpha value is -1.55. The van der Waals surface area contributed by atoms with Gasteiger partial charge in [0.15, 0.2) is 5.78 Å². The van der Waals surface area contributed by atoms with Crippen LogP contribution in [0.15, 0.2) is 18.2 Å². The first-order valence-corrected chi connectivity index (χ1v) is 5.65. The Morgan fingerprint density at radius 3 is 2.59 bits per heavy atom. The number of methoxy groups -OCH3 is 2. The molecule has 0 fully saturated rings. The van der Waals surface area contributed by atoms with Gasteiger partial charge in [-0.1, -0.05) is 13.3 Å². The summed E-state index contributed by atoms with van der Waals surface area (Å²) in [6.45, 7) is 2.00. The highest BCUT2D eigenvalue weighted by Crippen LogP contribution is 2.25. The average Bonchev–Trinajstić information content (AvgIpc) is 2.37. The fourth-order valence-corrected chi connectivity index (χ4v) is 1.64. The van der Waals surface area contributed by atoms with Crippen LogP contribution in [0.4, 0.5) is 0 Å². The third kappa shape index (κ3) is 3.20. The maximum absolute atomic E-state index is 12.1. The SMILES string of the molecule is CCCC(N)C(=O)c1ccc(OC)cc1OC. The molecule has 1 atom stereocenters. The minimum Gasteiger partial charge on any atom is -0.497 e. The molecule has 4 nitrogen and oxygen atoms in total. The molecule has 0 spiro atoms. The fraction of sp³-hybridized carbons (Fsp3) is 0.462. The summed E-state index contributed by atoms with van der Waals surface area (Å²) >= 11 is 0. The predicted octanol–water partition coefficient (Wildman–Crippen LogP) is 2.01. The summed E-state index contributed by atoms with van der Waals surface area (Å²) in [7, 11) is 3.09. The second-order valence-electron chi connectivity index (χ2n) is 3.83. The van der Waals surface area contributed by atoms with Crippen molar-refractivity contribution in [2.45, 2.75) is 25.8 Å². The van der Waals surface area contributed by atoms with Crippen molar-refractivity contribution < 1.29 is 14.3 Å². The number of nitrogens with two attached hydrogens (primary N) is 1. The van der Waals surface area contributed by atoms with E-state index in [-0.39, 0.29) is 5.78 Å². The van der Waals surface area contributed by atoms with Crippen molar-refractivity contribution in [1.29, 1.82) is 0 Å². The number of rotatable bonds is 6. The first kappa shape index (κ1) is 13.5. The lowest BCUT2D eigenvalue weighted by molar-refractivity contribution is 0.0954. The lowest BCUT2D eigenvalue weighted by Gasteiger charge is -2.13. The van der Waals surface area contributed by atoms with E-state index in [1.165, 1.54) is 7.11 Å². The van der Waals surface area contributed by atoms with Crippen molar-refractivity contribution in [1.82, 2.24) is 0 Å². The molecular weight excluding hydrogens is 218 g/mol. The zero-order chi connectivity index (χ0) is 12.8. The van der Waals surface area contributed by atoms with Gasteiger partial charge in [-0.05, 0) is 18.6 Å². The molecule has 0 radical (unpaired) electrons. The number of ether oxygens (including phenoxy) is 2. The van der Waals surface area contributed by atoms with Crippen molar-refractivity contribution in [2.75, 3.05) is 14.2 Å². The van der Waals surface area contributed by atoms with E-state index in [4.69, 9.17) is 15.2 Å². The summed E-state index contributed by atoms with van der Waals surface area (Å²) in [6.07, 6.45) is 1.55. The molecule has 1 rings (SSSR count). The number of carbonyl (C=O) groups is 1. The van der Waals surface area contributed by atoms with Crippen LogP contribution in [0.2, 0.25) is 0 Å². The third-order valence-corrected chi connectivity index (χ3v) is 2.61. The Balaban J connectivity index is 3.00. The topological polar surface area (TPSA) is 61.6 Å². The maximum atomic E-state index is 12.1. The van der Waals surface area contributed by atoms with Gasteiger partial charge in [0, 0.05) is 6.07 Å². The molecule has 4 heteroatoms. The highest BCUT2D eigenvalue weighted by Gasteiger charge is 2.19. The van der Waals surface area contributed by atoms with Crippen molar-refractivity contribution in [3.63, 3.8) is 0 Å². The van der Waals surface area contributed by atoms with Gasteiger partial charge in [0.25, 0.3) is 0 Å². The van der Waals surface area contributed by atoms with Gasteiger partial charge in [0.1, 0.15) is 11.5 Å². The van der Waals surface area contributed by atoms with Crippen LogP contribution in [0.3, 0.4) is 0 Å². The number of ketones is 1. The van der Waals surface area contributed by atoms with E-state index in [1.807, 2.05) is 6.92 Å². The number of Topliss-reactive ketones (excluding diaryl/α,β-unsaturated/α-hetero) is 1. The highest BCUT2D eigenvalue weighted by atomic mass is 16.5. The van der Waals surface area contributed by atoms with E-state index in [0.717, 1.165) is 6.42 Å². The summed E-state index contributed by atoms with van der Waals surface area (Å²) in [6, 6.07) is 4.64. The van der Waals surface area contributed by atoms with Crippen LogP contribution in [0, 0.1) is 0 Å². The quantitative estimate of drug-likeness (QED) is 0.769. The number of benzene rings is 1. The molecule has 1 aromatic rings. The standard InChI is InChI=1S/C13H19NO3/c1-4-5-11(14)13(15)10-7-6-9(16-2)8-12(10)17-3/h6-8,11H,4-5,14H2,1-3H3. The largest absolute Gasteiger partial charge is 0.497 e. The molecule has 1 unspecified atom stereocenters. The third-order valence-electron chi connectivity index (χ3n) is 2.61. The summed E-state index contributed by atoms with van der Waals surface area (Å²) in [5.74, 6) is 1.06. The Bertz CT molecular complexity index is 390. The Kier molecular flexibility index (Phi) is 4.97. The smallest absolute Gasteiger partial charge is 0.183 e. The van der Waals surface area contributed by atoms with Gasteiger partial charge in [0.2, 0.25) is 0 Å². The lowest BCUT2D eigenvalue weighted by atomic mass is 10.0. The molecule has 0 saturated carbocycles. The molecule has 0 amide bonds. The second-order valence-corrected chi connectivity index (χ2v) is 3.83. The van der Waals surface area contributed by atoms with Crippen LogP contribution in [-0.2, 0) is 0 Å². The van der Waals surface area contributed by atoms with Crippen LogP contribution in [-0.4, -0.2) is 26.0 Å². The van der Waals surface area contributed by atoms with Crippen LogP contribution in [0.5, 0.6) is 11.5 Å². The normalized spacial score (nSPS) is 12.0. The zero-order valence-corrected chi connectivity index (χ0v) is 10.5.